The highest BCUT2D eigenvalue weighted by Gasteiger charge is 2.23. The van der Waals surface area contributed by atoms with Crippen LogP contribution in [0, 0.1) is 6.92 Å². The normalized spacial score (nSPS) is 19.9. The number of hydrogen-bond donors (Lipinski definition) is 2. The zero-order valence-corrected chi connectivity index (χ0v) is 15.5. The molecule has 1 aliphatic rings. The van der Waals surface area contributed by atoms with Crippen LogP contribution in [0.2, 0.25) is 0 Å². The van der Waals surface area contributed by atoms with Gasteiger partial charge in [0.1, 0.15) is 5.82 Å². The van der Waals surface area contributed by atoms with Gasteiger partial charge in [0, 0.05) is 19.6 Å². The second-order valence-electron chi connectivity index (χ2n) is 6.80. The summed E-state index contributed by atoms with van der Waals surface area (Å²) in [5.41, 5.74) is 2.94. The minimum Gasteiger partial charge on any atom is -0.372 e. The number of carbonyl (C=O) groups excluding carboxylic acids is 1. The van der Waals surface area contributed by atoms with E-state index in [1.807, 2.05) is 43.3 Å². The first-order valence-electron chi connectivity index (χ1n) is 8.97. The maximum absolute atomic E-state index is 12.1. The van der Waals surface area contributed by atoms with Crippen molar-refractivity contribution in [3.05, 3.63) is 53.7 Å². The minimum absolute atomic E-state index is 0.186. The standard InChI is InChI=1S/C20H26N4O2/c1-14-6-4-5-7-17(14)10-22-20(25)23-18-8-9-19(21-11-18)24-12-15(2)26-16(3)13-24/h4-9,11,15-16H,10,12-13H2,1-3H3,(H2,22,23,25). The molecule has 0 aliphatic carbocycles. The summed E-state index contributed by atoms with van der Waals surface area (Å²) in [6.45, 7) is 8.30. The Kier molecular flexibility index (Phi) is 5.73. The molecule has 0 radical (unpaired) electrons. The van der Waals surface area contributed by atoms with Crippen molar-refractivity contribution in [1.82, 2.24) is 10.3 Å². The molecule has 0 bridgehead atoms. The molecule has 6 nitrogen and oxygen atoms in total. The summed E-state index contributed by atoms with van der Waals surface area (Å²) in [5.74, 6) is 0.901. The molecule has 1 fully saturated rings. The highest BCUT2D eigenvalue weighted by Crippen LogP contribution is 2.19. The molecule has 1 aromatic heterocycles. The largest absolute Gasteiger partial charge is 0.372 e. The third-order valence-electron chi connectivity index (χ3n) is 4.45. The van der Waals surface area contributed by atoms with Crippen molar-refractivity contribution < 1.29 is 9.53 Å². The number of nitrogens with one attached hydrogen (secondary N) is 2. The van der Waals surface area contributed by atoms with E-state index in [2.05, 4.69) is 34.4 Å². The zero-order chi connectivity index (χ0) is 18.5. The van der Waals surface area contributed by atoms with E-state index < -0.39 is 0 Å². The molecule has 138 valence electrons. The average molecular weight is 354 g/mol. The number of morpholine rings is 1. The number of pyridine rings is 1. The molecule has 2 aromatic rings. The number of benzene rings is 1. The first kappa shape index (κ1) is 18.2. The molecule has 0 spiro atoms. The van der Waals surface area contributed by atoms with Crippen molar-refractivity contribution in [2.45, 2.75) is 39.5 Å². The number of aryl methyl sites for hydroxylation is 1. The van der Waals surface area contributed by atoms with Gasteiger partial charge in [-0.15, -0.1) is 0 Å². The second-order valence-corrected chi connectivity index (χ2v) is 6.80. The number of ether oxygens (including phenoxy) is 1. The van der Waals surface area contributed by atoms with Crippen LogP contribution in [-0.2, 0) is 11.3 Å². The van der Waals surface area contributed by atoms with E-state index in [1.54, 1.807) is 6.20 Å². The molecule has 2 heterocycles. The molecule has 2 unspecified atom stereocenters. The van der Waals surface area contributed by atoms with Crippen LogP contribution in [0.5, 0.6) is 0 Å². The Bertz CT molecular complexity index is 738. The molecule has 6 heteroatoms. The molecule has 26 heavy (non-hydrogen) atoms. The summed E-state index contributed by atoms with van der Waals surface area (Å²) in [6, 6.07) is 11.6. The molecule has 2 amide bonds. The summed E-state index contributed by atoms with van der Waals surface area (Å²) in [4.78, 5) is 18.8. The molecule has 2 N–H and O–H groups in total. The van der Waals surface area contributed by atoms with Gasteiger partial charge >= 0.3 is 6.03 Å². The predicted octanol–water partition coefficient (Wildman–Crippen LogP) is 3.33. The van der Waals surface area contributed by atoms with Crippen LogP contribution in [0.1, 0.15) is 25.0 Å². The van der Waals surface area contributed by atoms with Gasteiger partial charge in [0.2, 0.25) is 0 Å². The number of hydrogen-bond acceptors (Lipinski definition) is 4. The Balaban J connectivity index is 1.54. The average Bonchev–Trinajstić information content (AvgIpc) is 2.61. The highest BCUT2D eigenvalue weighted by atomic mass is 16.5. The van der Waals surface area contributed by atoms with E-state index >= 15 is 0 Å². The topological polar surface area (TPSA) is 66.5 Å². The van der Waals surface area contributed by atoms with Crippen molar-refractivity contribution in [3.63, 3.8) is 0 Å². The van der Waals surface area contributed by atoms with Crippen LogP contribution in [0.4, 0.5) is 16.3 Å². The molecular weight excluding hydrogens is 328 g/mol. The molecular formula is C20H26N4O2. The van der Waals surface area contributed by atoms with Gasteiger partial charge in [0.25, 0.3) is 0 Å². The Labute approximate surface area is 154 Å². The van der Waals surface area contributed by atoms with E-state index in [0.29, 0.717) is 12.2 Å². The van der Waals surface area contributed by atoms with Gasteiger partial charge in [-0.2, -0.15) is 0 Å². The van der Waals surface area contributed by atoms with Crippen LogP contribution in [0.15, 0.2) is 42.6 Å². The Hall–Kier alpha value is -2.60. The van der Waals surface area contributed by atoms with Crippen molar-refractivity contribution in [2.75, 3.05) is 23.3 Å². The first-order chi connectivity index (χ1) is 12.5. The molecule has 3 rings (SSSR count). The van der Waals surface area contributed by atoms with Crippen LogP contribution in [0.25, 0.3) is 0 Å². The van der Waals surface area contributed by atoms with Gasteiger partial charge in [0.05, 0.1) is 24.1 Å². The highest BCUT2D eigenvalue weighted by molar-refractivity contribution is 5.89. The number of anilines is 2. The lowest BCUT2D eigenvalue weighted by Crippen LogP contribution is -2.45. The van der Waals surface area contributed by atoms with Crippen LogP contribution in [0.3, 0.4) is 0 Å². The summed E-state index contributed by atoms with van der Waals surface area (Å²) < 4.78 is 5.75. The lowest BCUT2D eigenvalue weighted by Gasteiger charge is -2.36. The fraction of sp³-hybridized carbons (Fsp3) is 0.400. The number of nitrogens with zero attached hydrogens (tertiary/aromatic N) is 2. The Morgan fingerprint density at radius 3 is 2.58 bits per heavy atom. The Morgan fingerprint density at radius 1 is 1.19 bits per heavy atom. The van der Waals surface area contributed by atoms with Crippen molar-refractivity contribution >= 4 is 17.5 Å². The third kappa shape index (κ3) is 4.73. The summed E-state index contributed by atoms with van der Waals surface area (Å²) in [6.07, 6.45) is 2.06. The van der Waals surface area contributed by atoms with Crippen LogP contribution in [-0.4, -0.2) is 36.3 Å². The fourth-order valence-electron chi connectivity index (χ4n) is 3.17. The van der Waals surface area contributed by atoms with E-state index in [4.69, 9.17) is 4.74 Å². The molecule has 1 aromatic carbocycles. The summed E-state index contributed by atoms with van der Waals surface area (Å²) >= 11 is 0. The van der Waals surface area contributed by atoms with Crippen LogP contribution >= 0.6 is 0 Å². The van der Waals surface area contributed by atoms with Gasteiger partial charge in [-0.1, -0.05) is 24.3 Å². The lowest BCUT2D eigenvalue weighted by molar-refractivity contribution is -0.00545. The number of urea groups is 1. The number of rotatable bonds is 4. The van der Waals surface area contributed by atoms with E-state index in [0.717, 1.165) is 30.0 Å². The zero-order valence-electron chi connectivity index (χ0n) is 15.5. The van der Waals surface area contributed by atoms with Crippen molar-refractivity contribution in [1.29, 1.82) is 0 Å². The predicted molar refractivity (Wildman–Crippen MR) is 103 cm³/mol. The van der Waals surface area contributed by atoms with E-state index in [1.165, 1.54) is 0 Å². The molecule has 1 aliphatic heterocycles. The van der Waals surface area contributed by atoms with Gasteiger partial charge < -0.3 is 20.3 Å². The SMILES string of the molecule is Cc1ccccc1CNC(=O)Nc1ccc(N2CC(C)OC(C)C2)nc1. The summed E-state index contributed by atoms with van der Waals surface area (Å²) in [5, 5.41) is 5.70. The molecule has 0 saturated carbocycles. The number of amides is 2. The Morgan fingerprint density at radius 2 is 1.92 bits per heavy atom. The second kappa shape index (κ2) is 8.19. The minimum atomic E-state index is -0.239. The monoisotopic (exact) mass is 354 g/mol. The quantitative estimate of drug-likeness (QED) is 0.884. The summed E-state index contributed by atoms with van der Waals surface area (Å²) in [7, 11) is 0. The van der Waals surface area contributed by atoms with Gasteiger partial charge in [0.15, 0.2) is 0 Å². The van der Waals surface area contributed by atoms with Crippen LogP contribution < -0.4 is 15.5 Å². The molecule has 2 atom stereocenters. The number of carbonyl (C=O) groups is 1. The van der Waals surface area contributed by atoms with Gasteiger partial charge in [-0.3, -0.25) is 0 Å². The van der Waals surface area contributed by atoms with Gasteiger partial charge in [-0.05, 0) is 44.0 Å². The smallest absolute Gasteiger partial charge is 0.319 e. The van der Waals surface area contributed by atoms with E-state index in [9.17, 15) is 4.79 Å². The van der Waals surface area contributed by atoms with Gasteiger partial charge in [-0.25, -0.2) is 9.78 Å². The third-order valence-corrected chi connectivity index (χ3v) is 4.45. The maximum Gasteiger partial charge on any atom is 0.319 e. The number of aromatic nitrogens is 1. The molecule has 1 saturated heterocycles. The first-order valence-corrected chi connectivity index (χ1v) is 8.97. The maximum atomic E-state index is 12.1. The fourth-order valence-corrected chi connectivity index (χ4v) is 3.17. The lowest BCUT2D eigenvalue weighted by atomic mass is 10.1. The van der Waals surface area contributed by atoms with E-state index in [-0.39, 0.29) is 18.2 Å². The van der Waals surface area contributed by atoms with Crippen molar-refractivity contribution in [2.24, 2.45) is 0 Å². The van der Waals surface area contributed by atoms with Crippen molar-refractivity contribution in [3.8, 4) is 0 Å².